The monoisotopic (exact) mass is 293 g/mol. The summed E-state index contributed by atoms with van der Waals surface area (Å²) in [6, 6.07) is 4.00. The molecule has 4 N–H and O–H groups in total. The second kappa shape index (κ2) is 7.88. The zero-order valence-corrected chi connectivity index (χ0v) is 12.0. The number of benzene rings is 1. The third kappa shape index (κ3) is 5.52. The molecular weight excluding hydrogens is 274 g/mol. The van der Waals surface area contributed by atoms with Crippen LogP contribution in [0, 0.1) is 6.92 Å². The summed E-state index contributed by atoms with van der Waals surface area (Å²) >= 11 is 0. The molecule has 0 radical (unpaired) electrons. The molecule has 0 aliphatic heterocycles. The summed E-state index contributed by atoms with van der Waals surface area (Å²) in [5.41, 5.74) is 1.07. The van der Waals surface area contributed by atoms with Gasteiger partial charge in [0.05, 0.1) is 12.1 Å². The molecule has 1 aromatic rings. The van der Waals surface area contributed by atoms with Crippen LogP contribution >= 0.6 is 0 Å². The Morgan fingerprint density at radius 3 is 2.52 bits per heavy atom. The number of carboxylic acid groups (broad SMARTS) is 1. The number of carbonyl (C=O) groups excluding carboxylic acids is 2. The molecule has 7 nitrogen and oxygen atoms in total. The molecular formula is C14H19N3O4. The Kier molecular flexibility index (Phi) is 6.19. The number of nitrogens with one attached hydrogen (secondary N) is 3. The predicted molar refractivity (Wildman–Crippen MR) is 78.5 cm³/mol. The number of urea groups is 1. The van der Waals surface area contributed by atoms with Crippen LogP contribution in [-0.4, -0.2) is 36.1 Å². The van der Waals surface area contributed by atoms with Gasteiger partial charge in [-0.05, 0) is 31.0 Å². The van der Waals surface area contributed by atoms with Crippen LogP contribution in [0.25, 0.3) is 0 Å². The lowest BCUT2D eigenvalue weighted by atomic mass is 10.1. The zero-order valence-electron chi connectivity index (χ0n) is 12.0. The van der Waals surface area contributed by atoms with Crippen molar-refractivity contribution in [2.45, 2.75) is 20.3 Å². The summed E-state index contributed by atoms with van der Waals surface area (Å²) in [4.78, 5) is 33.9. The summed E-state index contributed by atoms with van der Waals surface area (Å²) in [5.74, 6) is -1.34. The van der Waals surface area contributed by atoms with E-state index in [2.05, 4.69) is 16.0 Å². The molecule has 0 unspecified atom stereocenters. The average Bonchev–Trinajstić information content (AvgIpc) is 2.44. The largest absolute Gasteiger partial charge is 0.478 e. The summed E-state index contributed by atoms with van der Waals surface area (Å²) in [5, 5.41) is 16.5. The van der Waals surface area contributed by atoms with Crippen molar-refractivity contribution in [1.29, 1.82) is 0 Å². The van der Waals surface area contributed by atoms with Gasteiger partial charge in [-0.3, -0.25) is 4.79 Å². The van der Waals surface area contributed by atoms with E-state index in [0.29, 0.717) is 17.8 Å². The van der Waals surface area contributed by atoms with Gasteiger partial charge in [-0.2, -0.15) is 0 Å². The van der Waals surface area contributed by atoms with Crippen molar-refractivity contribution in [3.63, 3.8) is 0 Å². The van der Waals surface area contributed by atoms with Crippen LogP contribution in [0.1, 0.15) is 29.3 Å². The second-order valence-corrected chi connectivity index (χ2v) is 4.49. The van der Waals surface area contributed by atoms with Crippen LogP contribution in [0.3, 0.4) is 0 Å². The molecule has 114 valence electrons. The van der Waals surface area contributed by atoms with Crippen molar-refractivity contribution >= 4 is 23.6 Å². The van der Waals surface area contributed by atoms with Gasteiger partial charge in [0, 0.05) is 12.2 Å². The van der Waals surface area contributed by atoms with Gasteiger partial charge in [-0.15, -0.1) is 0 Å². The lowest BCUT2D eigenvalue weighted by Gasteiger charge is -2.09. The highest BCUT2D eigenvalue weighted by Crippen LogP contribution is 2.15. The van der Waals surface area contributed by atoms with E-state index in [1.54, 1.807) is 19.1 Å². The Labute approximate surface area is 122 Å². The molecule has 0 aliphatic carbocycles. The van der Waals surface area contributed by atoms with Crippen LogP contribution in [-0.2, 0) is 4.79 Å². The fourth-order valence-corrected chi connectivity index (χ4v) is 1.59. The van der Waals surface area contributed by atoms with Gasteiger partial charge >= 0.3 is 12.0 Å². The number of anilines is 1. The smallest absolute Gasteiger partial charge is 0.336 e. The first-order chi connectivity index (χ1) is 9.93. The molecule has 7 heteroatoms. The van der Waals surface area contributed by atoms with E-state index < -0.39 is 12.0 Å². The standard InChI is InChI=1S/C14H19N3O4/c1-3-6-15-12(18)8-16-14(21)17-10-5-4-9(2)11(7-10)13(19)20/h4-5,7H,3,6,8H2,1-2H3,(H,15,18)(H,19,20)(H2,16,17,21). The van der Waals surface area contributed by atoms with E-state index in [0.717, 1.165) is 6.42 Å². The van der Waals surface area contributed by atoms with Gasteiger partial charge in [-0.25, -0.2) is 9.59 Å². The Hall–Kier alpha value is -2.57. The normalized spacial score (nSPS) is 9.81. The molecule has 0 aromatic heterocycles. The molecule has 0 atom stereocenters. The van der Waals surface area contributed by atoms with Gasteiger partial charge in [0.1, 0.15) is 0 Å². The first-order valence-electron chi connectivity index (χ1n) is 6.59. The van der Waals surface area contributed by atoms with Gasteiger partial charge in [-0.1, -0.05) is 13.0 Å². The van der Waals surface area contributed by atoms with Crippen LogP contribution in [0.2, 0.25) is 0 Å². The highest BCUT2D eigenvalue weighted by Gasteiger charge is 2.10. The van der Waals surface area contributed by atoms with Gasteiger partial charge in [0.15, 0.2) is 0 Å². The Morgan fingerprint density at radius 2 is 1.90 bits per heavy atom. The van der Waals surface area contributed by atoms with E-state index >= 15 is 0 Å². The average molecular weight is 293 g/mol. The molecule has 0 saturated carbocycles. The number of carbonyl (C=O) groups is 3. The van der Waals surface area contributed by atoms with Crippen LogP contribution < -0.4 is 16.0 Å². The first-order valence-corrected chi connectivity index (χ1v) is 6.59. The number of hydrogen-bond acceptors (Lipinski definition) is 3. The summed E-state index contributed by atoms with van der Waals surface area (Å²) in [6.07, 6.45) is 0.819. The van der Waals surface area contributed by atoms with Crippen molar-refractivity contribution in [3.05, 3.63) is 29.3 Å². The maximum atomic E-state index is 11.6. The number of aromatic carboxylic acids is 1. The Morgan fingerprint density at radius 1 is 1.19 bits per heavy atom. The van der Waals surface area contributed by atoms with Crippen molar-refractivity contribution in [3.8, 4) is 0 Å². The molecule has 3 amide bonds. The number of aryl methyl sites for hydroxylation is 1. The predicted octanol–water partition coefficient (Wildman–Crippen LogP) is 1.34. The number of amides is 3. The quantitative estimate of drug-likeness (QED) is 0.634. The topological polar surface area (TPSA) is 108 Å². The molecule has 21 heavy (non-hydrogen) atoms. The second-order valence-electron chi connectivity index (χ2n) is 4.49. The van der Waals surface area contributed by atoms with Gasteiger partial charge in [0.25, 0.3) is 0 Å². The minimum Gasteiger partial charge on any atom is -0.478 e. The van der Waals surface area contributed by atoms with Crippen molar-refractivity contribution in [2.75, 3.05) is 18.4 Å². The van der Waals surface area contributed by atoms with E-state index in [1.165, 1.54) is 6.07 Å². The zero-order chi connectivity index (χ0) is 15.8. The minimum absolute atomic E-state index is 0.119. The lowest BCUT2D eigenvalue weighted by molar-refractivity contribution is -0.120. The highest BCUT2D eigenvalue weighted by molar-refractivity contribution is 5.95. The number of carboxylic acids is 1. The van der Waals surface area contributed by atoms with Crippen LogP contribution in [0.5, 0.6) is 0 Å². The molecule has 0 spiro atoms. The maximum Gasteiger partial charge on any atom is 0.336 e. The van der Waals surface area contributed by atoms with E-state index in [9.17, 15) is 14.4 Å². The van der Waals surface area contributed by atoms with Crippen molar-refractivity contribution in [1.82, 2.24) is 10.6 Å². The fraction of sp³-hybridized carbons (Fsp3) is 0.357. The molecule has 1 aromatic carbocycles. The Balaban J connectivity index is 2.53. The first kappa shape index (κ1) is 16.5. The van der Waals surface area contributed by atoms with E-state index in [-0.39, 0.29) is 18.0 Å². The van der Waals surface area contributed by atoms with Crippen LogP contribution in [0.4, 0.5) is 10.5 Å². The maximum absolute atomic E-state index is 11.6. The number of hydrogen-bond donors (Lipinski definition) is 4. The van der Waals surface area contributed by atoms with Crippen molar-refractivity contribution in [2.24, 2.45) is 0 Å². The molecule has 0 aliphatic rings. The summed E-state index contributed by atoms with van der Waals surface area (Å²) < 4.78 is 0. The fourth-order valence-electron chi connectivity index (χ4n) is 1.59. The SMILES string of the molecule is CCCNC(=O)CNC(=O)Nc1ccc(C)c(C(=O)O)c1. The summed E-state index contributed by atoms with van der Waals surface area (Å²) in [7, 11) is 0. The molecule has 0 fully saturated rings. The summed E-state index contributed by atoms with van der Waals surface area (Å²) in [6.45, 7) is 4.02. The third-order valence-electron chi connectivity index (χ3n) is 2.71. The third-order valence-corrected chi connectivity index (χ3v) is 2.71. The van der Waals surface area contributed by atoms with Gasteiger partial charge < -0.3 is 21.1 Å². The number of rotatable bonds is 6. The van der Waals surface area contributed by atoms with Gasteiger partial charge in [0.2, 0.25) is 5.91 Å². The van der Waals surface area contributed by atoms with Crippen molar-refractivity contribution < 1.29 is 19.5 Å². The Bertz CT molecular complexity index is 543. The molecule has 0 bridgehead atoms. The lowest BCUT2D eigenvalue weighted by Crippen LogP contribution is -2.39. The highest BCUT2D eigenvalue weighted by atomic mass is 16.4. The molecule has 0 saturated heterocycles. The van der Waals surface area contributed by atoms with E-state index in [4.69, 9.17) is 5.11 Å². The van der Waals surface area contributed by atoms with E-state index in [1.807, 2.05) is 6.92 Å². The minimum atomic E-state index is -1.06. The molecule has 1 rings (SSSR count). The molecule has 0 heterocycles. The van der Waals surface area contributed by atoms with Crippen LogP contribution in [0.15, 0.2) is 18.2 Å².